The number of amides is 1. The van der Waals surface area contributed by atoms with E-state index < -0.39 is 5.91 Å². The van der Waals surface area contributed by atoms with Crippen LogP contribution in [0.2, 0.25) is 0 Å². The quantitative estimate of drug-likeness (QED) is 0.487. The van der Waals surface area contributed by atoms with Gasteiger partial charge in [0.2, 0.25) is 5.88 Å². The fourth-order valence-corrected chi connectivity index (χ4v) is 3.91. The summed E-state index contributed by atoms with van der Waals surface area (Å²) < 4.78 is 5.53. The minimum atomic E-state index is -0.466. The molecule has 1 aliphatic rings. The molecule has 1 aliphatic carbocycles. The van der Waals surface area contributed by atoms with Crippen LogP contribution in [0, 0.1) is 11.3 Å². The Kier molecular flexibility index (Phi) is 5.64. The smallest absolute Gasteiger partial charge is 0.271 e. The maximum Gasteiger partial charge on any atom is 0.271 e. The van der Waals surface area contributed by atoms with Gasteiger partial charge in [-0.3, -0.25) is 10.2 Å². The van der Waals surface area contributed by atoms with Gasteiger partial charge >= 0.3 is 0 Å². The largest absolute Gasteiger partial charge is 0.467 e. The number of hydrogen-bond donors (Lipinski definition) is 2. The lowest BCUT2D eigenvalue weighted by atomic mass is 9.86. The highest BCUT2D eigenvalue weighted by Crippen LogP contribution is 2.38. The van der Waals surface area contributed by atoms with Crippen molar-refractivity contribution in [3.05, 3.63) is 34.8 Å². The number of hydrazine groups is 1. The maximum absolute atomic E-state index is 11.4. The highest BCUT2D eigenvalue weighted by atomic mass is 32.1. The van der Waals surface area contributed by atoms with Gasteiger partial charge in [-0.1, -0.05) is 25.3 Å². The summed E-state index contributed by atoms with van der Waals surface area (Å²) in [5.74, 6) is 5.20. The molecule has 0 atom stereocenters. The van der Waals surface area contributed by atoms with E-state index in [0.29, 0.717) is 11.5 Å². The first-order chi connectivity index (χ1) is 12.2. The number of ether oxygens (including phenoxy) is 1. The number of nitrogens with one attached hydrogen (secondary N) is 1. The number of carbonyl (C=O) groups excluding carboxylic acids is 1. The molecule has 25 heavy (non-hydrogen) atoms. The Morgan fingerprint density at radius 2 is 2.24 bits per heavy atom. The lowest BCUT2D eigenvalue weighted by Crippen LogP contribution is -2.34. The molecular weight excluding hydrogens is 336 g/mol. The summed E-state index contributed by atoms with van der Waals surface area (Å²) in [4.78, 5) is 17.0. The molecule has 2 aromatic rings. The Labute approximate surface area is 150 Å². The molecule has 0 spiro atoms. The van der Waals surface area contributed by atoms with Gasteiger partial charge in [0.1, 0.15) is 11.6 Å². The van der Waals surface area contributed by atoms with Gasteiger partial charge in [0.05, 0.1) is 0 Å². The molecule has 3 N–H and O–H groups in total. The topological polar surface area (TPSA) is 101 Å². The third-order valence-corrected chi connectivity index (χ3v) is 5.33. The number of hydrogen-bond acceptors (Lipinski definition) is 6. The molecule has 130 valence electrons. The molecule has 2 heterocycles. The Hall–Kier alpha value is -2.43. The number of thiophene rings is 1. The first-order valence-corrected chi connectivity index (χ1v) is 9.22. The van der Waals surface area contributed by atoms with Crippen molar-refractivity contribution in [2.24, 2.45) is 5.84 Å². The van der Waals surface area contributed by atoms with Crippen molar-refractivity contribution in [1.82, 2.24) is 10.4 Å². The van der Waals surface area contributed by atoms with Gasteiger partial charge in [-0.2, -0.15) is 5.26 Å². The standard InChI is InChI=1S/C18H20N4O2S/c19-10-14-13(16-7-4-8-25-16)9-15(12-5-2-1-3-6-12)21-18(14)24-11-17(23)22-20/h4,7-9,12H,1-3,5-6,11,20H2,(H,22,23). The van der Waals surface area contributed by atoms with Crippen LogP contribution in [-0.4, -0.2) is 17.5 Å². The number of pyridine rings is 1. The summed E-state index contributed by atoms with van der Waals surface area (Å²) in [7, 11) is 0. The Morgan fingerprint density at radius 1 is 1.44 bits per heavy atom. The molecule has 0 saturated heterocycles. The third-order valence-electron chi connectivity index (χ3n) is 4.43. The highest BCUT2D eigenvalue weighted by Gasteiger charge is 2.22. The zero-order valence-electron chi connectivity index (χ0n) is 13.8. The summed E-state index contributed by atoms with van der Waals surface area (Å²) in [6.45, 7) is -0.268. The molecule has 1 saturated carbocycles. The van der Waals surface area contributed by atoms with Gasteiger partial charge in [0, 0.05) is 22.1 Å². The van der Waals surface area contributed by atoms with E-state index in [1.54, 1.807) is 11.3 Å². The molecule has 0 aromatic carbocycles. The van der Waals surface area contributed by atoms with Crippen LogP contribution in [0.15, 0.2) is 23.6 Å². The van der Waals surface area contributed by atoms with E-state index in [4.69, 9.17) is 10.6 Å². The molecule has 6 nitrogen and oxygen atoms in total. The van der Waals surface area contributed by atoms with Crippen molar-refractivity contribution in [2.45, 2.75) is 38.0 Å². The maximum atomic E-state index is 11.4. The van der Waals surface area contributed by atoms with Crippen LogP contribution in [0.5, 0.6) is 5.88 Å². The van der Waals surface area contributed by atoms with Crippen molar-refractivity contribution in [3.63, 3.8) is 0 Å². The molecule has 0 aliphatic heterocycles. The number of nitriles is 1. The summed E-state index contributed by atoms with van der Waals surface area (Å²) in [5.41, 5.74) is 4.13. The molecule has 7 heteroatoms. The predicted molar refractivity (Wildman–Crippen MR) is 95.9 cm³/mol. The van der Waals surface area contributed by atoms with Crippen molar-refractivity contribution < 1.29 is 9.53 Å². The molecular formula is C18H20N4O2S. The Bertz CT molecular complexity index is 777. The summed E-state index contributed by atoms with van der Waals surface area (Å²) >= 11 is 1.56. The second kappa shape index (κ2) is 8.10. The molecule has 1 fully saturated rings. The fourth-order valence-electron chi connectivity index (χ4n) is 3.16. The monoisotopic (exact) mass is 356 g/mol. The van der Waals surface area contributed by atoms with Crippen LogP contribution in [0.1, 0.15) is 49.3 Å². The second-order valence-corrected chi connectivity index (χ2v) is 7.00. The van der Waals surface area contributed by atoms with Crippen molar-refractivity contribution in [3.8, 4) is 22.4 Å². The zero-order chi connectivity index (χ0) is 17.6. The van der Waals surface area contributed by atoms with E-state index in [-0.39, 0.29) is 12.5 Å². The molecule has 0 bridgehead atoms. The van der Waals surface area contributed by atoms with Crippen molar-refractivity contribution >= 4 is 17.2 Å². The van der Waals surface area contributed by atoms with Crippen LogP contribution < -0.4 is 16.0 Å². The lowest BCUT2D eigenvalue weighted by Gasteiger charge is -2.22. The van der Waals surface area contributed by atoms with Gasteiger partial charge in [-0.25, -0.2) is 10.8 Å². The first kappa shape index (κ1) is 17.4. The number of rotatable bonds is 5. The molecule has 1 amide bonds. The van der Waals surface area contributed by atoms with E-state index >= 15 is 0 Å². The van der Waals surface area contributed by atoms with Gasteiger partial charge in [0.25, 0.3) is 5.91 Å². The fraction of sp³-hybridized carbons (Fsp3) is 0.389. The molecule has 0 radical (unpaired) electrons. The first-order valence-electron chi connectivity index (χ1n) is 8.34. The van der Waals surface area contributed by atoms with Crippen LogP contribution in [-0.2, 0) is 4.79 Å². The number of aromatic nitrogens is 1. The highest BCUT2D eigenvalue weighted by molar-refractivity contribution is 7.13. The average molecular weight is 356 g/mol. The summed E-state index contributed by atoms with van der Waals surface area (Å²) in [5, 5.41) is 11.6. The van der Waals surface area contributed by atoms with Crippen LogP contribution >= 0.6 is 11.3 Å². The molecule has 0 unspecified atom stereocenters. The minimum absolute atomic E-state index is 0.206. The Balaban J connectivity index is 2.03. The molecule has 3 rings (SSSR count). The van der Waals surface area contributed by atoms with E-state index in [2.05, 4.69) is 11.1 Å². The predicted octanol–water partition coefficient (Wildman–Crippen LogP) is 3.10. The number of nitrogens with zero attached hydrogens (tertiary/aromatic N) is 2. The number of nitrogens with two attached hydrogens (primary N) is 1. The van der Waals surface area contributed by atoms with E-state index in [0.717, 1.165) is 29.0 Å². The van der Waals surface area contributed by atoms with Gasteiger partial charge in [-0.15, -0.1) is 11.3 Å². The zero-order valence-corrected chi connectivity index (χ0v) is 14.6. The van der Waals surface area contributed by atoms with Crippen LogP contribution in [0.25, 0.3) is 10.4 Å². The second-order valence-electron chi connectivity index (χ2n) is 6.06. The summed E-state index contributed by atoms with van der Waals surface area (Å²) in [6.07, 6.45) is 5.81. The van der Waals surface area contributed by atoms with E-state index in [9.17, 15) is 10.1 Å². The summed E-state index contributed by atoms with van der Waals surface area (Å²) in [6, 6.07) is 8.11. The molecule has 2 aromatic heterocycles. The lowest BCUT2D eigenvalue weighted by molar-refractivity contribution is -0.123. The average Bonchev–Trinajstić information content (AvgIpc) is 3.20. The van der Waals surface area contributed by atoms with E-state index in [1.165, 1.54) is 19.3 Å². The van der Waals surface area contributed by atoms with E-state index in [1.807, 2.05) is 29.0 Å². The minimum Gasteiger partial charge on any atom is -0.467 e. The normalized spacial score (nSPS) is 14.7. The van der Waals surface area contributed by atoms with Crippen molar-refractivity contribution in [2.75, 3.05) is 6.61 Å². The van der Waals surface area contributed by atoms with Crippen LogP contribution in [0.4, 0.5) is 0 Å². The third kappa shape index (κ3) is 3.98. The van der Waals surface area contributed by atoms with Crippen molar-refractivity contribution in [1.29, 1.82) is 5.26 Å². The van der Waals surface area contributed by atoms with Gasteiger partial charge in [0.15, 0.2) is 6.61 Å². The van der Waals surface area contributed by atoms with Gasteiger partial charge < -0.3 is 4.74 Å². The SMILES string of the molecule is N#Cc1c(-c2cccs2)cc(C2CCCCC2)nc1OCC(=O)NN. The Morgan fingerprint density at radius 3 is 2.88 bits per heavy atom. The number of carbonyl (C=O) groups is 1. The van der Waals surface area contributed by atoms with Crippen LogP contribution in [0.3, 0.4) is 0 Å². The van der Waals surface area contributed by atoms with Gasteiger partial charge in [-0.05, 0) is 30.4 Å².